The van der Waals surface area contributed by atoms with Crippen LogP contribution in [-0.2, 0) is 0 Å². The second kappa shape index (κ2) is 7.64. The van der Waals surface area contributed by atoms with Gasteiger partial charge < -0.3 is 5.32 Å². The third kappa shape index (κ3) is 4.10. The Morgan fingerprint density at radius 3 is 2.45 bits per heavy atom. The van der Waals surface area contributed by atoms with Crippen molar-refractivity contribution in [1.82, 2.24) is 5.32 Å². The van der Waals surface area contributed by atoms with Gasteiger partial charge in [-0.1, -0.05) is 42.3 Å². The van der Waals surface area contributed by atoms with Crippen molar-refractivity contribution in [2.24, 2.45) is 0 Å². The molecule has 4 heteroatoms. The van der Waals surface area contributed by atoms with E-state index in [-0.39, 0.29) is 6.04 Å². The van der Waals surface area contributed by atoms with Crippen molar-refractivity contribution in [1.29, 1.82) is 0 Å². The summed E-state index contributed by atoms with van der Waals surface area (Å²) in [4.78, 5) is 0. The van der Waals surface area contributed by atoms with Crippen LogP contribution in [0.15, 0.2) is 42.5 Å². The number of hydrogen-bond acceptors (Lipinski definition) is 1. The van der Waals surface area contributed by atoms with Gasteiger partial charge in [0.2, 0.25) is 0 Å². The van der Waals surface area contributed by atoms with Gasteiger partial charge in [0.25, 0.3) is 0 Å². The molecule has 0 saturated heterocycles. The number of benzene rings is 2. The minimum Gasteiger partial charge on any atom is -0.306 e. The molecule has 2 aromatic carbocycles. The van der Waals surface area contributed by atoms with Crippen LogP contribution in [-0.4, -0.2) is 6.54 Å². The third-order valence-electron chi connectivity index (χ3n) is 3.07. The smallest absolute Gasteiger partial charge is 0.0592 e. The minimum absolute atomic E-state index is 0.0677. The molecule has 0 fully saturated rings. The first-order valence-electron chi connectivity index (χ1n) is 6.55. The van der Waals surface area contributed by atoms with Gasteiger partial charge in [0.15, 0.2) is 0 Å². The topological polar surface area (TPSA) is 12.0 Å². The van der Waals surface area contributed by atoms with Gasteiger partial charge in [-0.15, -0.1) is 0 Å². The van der Waals surface area contributed by atoms with E-state index >= 15 is 0 Å². The van der Waals surface area contributed by atoms with E-state index in [2.05, 4.69) is 59.1 Å². The van der Waals surface area contributed by atoms with Crippen molar-refractivity contribution in [3.8, 4) is 0 Å². The summed E-state index contributed by atoms with van der Waals surface area (Å²) in [6.45, 7) is 3.08. The fourth-order valence-electron chi connectivity index (χ4n) is 2.09. The molecule has 1 unspecified atom stereocenters. The number of halogens is 3. The van der Waals surface area contributed by atoms with Crippen LogP contribution in [0, 0.1) is 3.57 Å². The van der Waals surface area contributed by atoms with Crippen LogP contribution in [0.25, 0.3) is 0 Å². The molecule has 1 N–H and O–H groups in total. The van der Waals surface area contributed by atoms with E-state index in [0.29, 0.717) is 5.02 Å². The molecule has 106 valence electrons. The quantitative estimate of drug-likeness (QED) is 0.614. The van der Waals surface area contributed by atoms with E-state index in [0.717, 1.165) is 23.6 Å². The van der Waals surface area contributed by atoms with Gasteiger partial charge in [-0.3, -0.25) is 0 Å². The van der Waals surface area contributed by atoms with Crippen LogP contribution < -0.4 is 5.32 Å². The molecule has 0 aliphatic carbocycles. The summed E-state index contributed by atoms with van der Waals surface area (Å²) >= 11 is 14.8. The average molecular weight is 420 g/mol. The van der Waals surface area contributed by atoms with Crippen molar-refractivity contribution >= 4 is 45.8 Å². The van der Waals surface area contributed by atoms with Crippen molar-refractivity contribution in [3.63, 3.8) is 0 Å². The Bertz CT molecular complexity index is 569. The van der Waals surface area contributed by atoms with Crippen LogP contribution in [0.2, 0.25) is 10.0 Å². The summed E-state index contributed by atoms with van der Waals surface area (Å²) in [5, 5.41) is 4.99. The Hall–Kier alpha value is -0.290. The maximum Gasteiger partial charge on any atom is 0.0592 e. The Labute approximate surface area is 143 Å². The highest BCUT2D eigenvalue weighted by Crippen LogP contribution is 2.31. The normalized spacial score (nSPS) is 12.4. The molecule has 2 aromatic rings. The molecule has 0 aliphatic heterocycles. The van der Waals surface area contributed by atoms with E-state index in [1.165, 1.54) is 9.13 Å². The lowest BCUT2D eigenvalue weighted by Crippen LogP contribution is -2.23. The fourth-order valence-corrected chi connectivity index (χ4v) is 2.85. The summed E-state index contributed by atoms with van der Waals surface area (Å²) in [5.41, 5.74) is 2.22. The number of hydrogen-bond donors (Lipinski definition) is 1. The second-order valence-electron chi connectivity index (χ2n) is 4.60. The van der Waals surface area contributed by atoms with Crippen LogP contribution in [0.3, 0.4) is 0 Å². The SMILES string of the molecule is CCCNC(c1ccc(I)cc1)c1cc(Cl)ccc1Cl. The van der Waals surface area contributed by atoms with Gasteiger partial charge in [-0.05, 0) is 77.0 Å². The van der Waals surface area contributed by atoms with E-state index in [9.17, 15) is 0 Å². The molecule has 0 heterocycles. The maximum absolute atomic E-state index is 6.35. The molecule has 0 radical (unpaired) electrons. The molecule has 0 spiro atoms. The van der Waals surface area contributed by atoms with Crippen molar-refractivity contribution < 1.29 is 0 Å². The molecule has 0 amide bonds. The highest BCUT2D eigenvalue weighted by Gasteiger charge is 2.16. The van der Waals surface area contributed by atoms with E-state index in [1.54, 1.807) is 0 Å². The van der Waals surface area contributed by atoms with E-state index < -0.39 is 0 Å². The summed E-state index contributed by atoms with van der Waals surface area (Å²) in [7, 11) is 0. The predicted molar refractivity (Wildman–Crippen MR) is 95.8 cm³/mol. The second-order valence-corrected chi connectivity index (χ2v) is 6.69. The van der Waals surface area contributed by atoms with Gasteiger partial charge >= 0.3 is 0 Å². The van der Waals surface area contributed by atoms with Crippen LogP contribution in [0.1, 0.15) is 30.5 Å². The van der Waals surface area contributed by atoms with Gasteiger partial charge in [0.1, 0.15) is 0 Å². The molecular formula is C16H16Cl2IN. The Kier molecular flexibility index (Phi) is 6.15. The molecule has 20 heavy (non-hydrogen) atoms. The Morgan fingerprint density at radius 1 is 1.10 bits per heavy atom. The summed E-state index contributed by atoms with van der Waals surface area (Å²) in [5.74, 6) is 0. The van der Waals surface area contributed by atoms with Gasteiger partial charge in [0, 0.05) is 13.6 Å². The first-order chi connectivity index (χ1) is 9.61. The van der Waals surface area contributed by atoms with Crippen molar-refractivity contribution in [2.75, 3.05) is 6.54 Å². The summed E-state index contributed by atoms with van der Waals surface area (Å²) in [6.07, 6.45) is 1.07. The van der Waals surface area contributed by atoms with Gasteiger partial charge in [-0.25, -0.2) is 0 Å². The Morgan fingerprint density at radius 2 is 1.80 bits per heavy atom. The highest BCUT2D eigenvalue weighted by molar-refractivity contribution is 14.1. The van der Waals surface area contributed by atoms with Crippen LogP contribution in [0.5, 0.6) is 0 Å². The van der Waals surface area contributed by atoms with Crippen molar-refractivity contribution in [3.05, 3.63) is 67.2 Å². The van der Waals surface area contributed by atoms with Gasteiger partial charge in [-0.2, -0.15) is 0 Å². The van der Waals surface area contributed by atoms with Crippen LogP contribution >= 0.6 is 45.8 Å². The molecule has 1 nitrogen and oxygen atoms in total. The third-order valence-corrected chi connectivity index (χ3v) is 4.37. The number of nitrogens with one attached hydrogen (secondary N) is 1. The van der Waals surface area contributed by atoms with Crippen molar-refractivity contribution in [2.45, 2.75) is 19.4 Å². The van der Waals surface area contributed by atoms with E-state index in [1.807, 2.05) is 18.2 Å². The first kappa shape index (κ1) is 16.1. The zero-order valence-corrected chi connectivity index (χ0v) is 14.8. The minimum atomic E-state index is 0.0677. The lowest BCUT2D eigenvalue weighted by atomic mass is 9.98. The molecule has 1 atom stereocenters. The average Bonchev–Trinajstić information content (AvgIpc) is 2.44. The predicted octanol–water partition coefficient (Wildman–Crippen LogP) is 5.69. The largest absolute Gasteiger partial charge is 0.306 e. The summed E-state index contributed by atoms with van der Waals surface area (Å²) < 4.78 is 1.22. The molecule has 0 aliphatic rings. The van der Waals surface area contributed by atoms with E-state index in [4.69, 9.17) is 23.2 Å². The number of rotatable bonds is 5. The highest BCUT2D eigenvalue weighted by atomic mass is 127. The lowest BCUT2D eigenvalue weighted by molar-refractivity contribution is 0.598. The van der Waals surface area contributed by atoms with Crippen LogP contribution in [0.4, 0.5) is 0 Å². The fraction of sp³-hybridized carbons (Fsp3) is 0.250. The zero-order chi connectivity index (χ0) is 14.5. The first-order valence-corrected chi connectivity index (χ1v) is 8.39. The molecular weight excluding hydrogens is 404 g/mol. The zero-order valence-electron chi connectivity index (χ0n) is 11.2. The monoisotopic (exact) mass is 419 g/mol. The standard InChI is InChI=1S/C16H16Cl2IN/c1-2-9-20-16(11-3-6-13(19)7-4-11)14-10-12(17)5-8-15(14)18/h3-8,10,16,20H,2,9H2,1H3. The maximum atomic E-state index is 6.35. The molecule has 0 aromatic heterocycles. The lowest BCUT2D eigenvalue weighted by Gasteiger charge is -2.21. The molecule has 2 rings (SSSR count). The molecule has 0 bridgehead atoms. The molecule has 0 saturated carbocycles. The summed E-state index contributed by atoms with van der Waals surface area (Å²) in [6, 6.07) is 14.2. The Balaban J connectivity index is 2.41. The van der Waals surface area contributed by atoms with Gasteiger partial charge in [0.05, 0.1) is 6.04 Å².